The average Bonchev–Trinajstić information content (AvgIpc) is 3.24. The van der Waals surface area contributed by atoms with Gasteiger partial charge in [-0.05, 0) is 31.9 Å². The number of carbonyl (C=O) groups excluding carboxylic acids is 1. The number of amides is 1. The number of likely N-dealkylation sites (tertiary alicyclic amines) is 1. The Morgan fingerprint density at radius 1 is 1.15 bits per heavy atom. The lowest BCUT2D eigenvalue weighted by Gasteiger charge is -2.37. The third kappa shape index (κ3) is 4.01. The zero-order valence-electron chi connectivity index (χ0n) is 15.6. The molecule has 1 amide bonds. The number of morpholine rings is 1. The van der Waals surface area contributed by atoms with Crippen LogP contribution in [0.1, 0.15) is 31.5 Å². The smallest absolute Gasteiger partial charge is 0.258 e. The molecular formula is C19H25N5O3. The Bertz CT molecular complexity index is 752. The van der Waals surface area contributed by atoms with Gasteiger partial charge in [0.1, 0.15) is 0 Å². The van der Waals surface area contributed by atoms with Gasteiger partial charge in [0, 0.05) is 50.1 Å². The molecule has 8 nitrogen and oxygen atoms in total. The normalized spacial score (nSPS) is 20.6. The van der Waals surface area contributed by atoms with Gasteiger partial charge in [-0.3, -0.25) is 14.7 Å². The molecular weight excluding hydrogens is 346 g/mol. The molecule has 144 valence electrons. The van der Waals surface area contributed by atoms with Crippen LogP contribution in [0.3, 0.4) is 0 Å². The van der Waals surface area contributed by atoms with Gasteiger partial charge in [-0.2, -0.15) is 4.98 Å². The first-order valence-corrected chi connectivity index (χ1v) is 9.57. The van der Waals surface area contributed by atoms with E-state index in [-0.39, 0.29) is 17.9 Å². The summed E-state index contributed by atoms with van der Waals surface area (Å²) in [6.45, 7) is 6.53. The van der Waals surface area contributed by atoms with Gasteiger partial charge in [0.2, 0.25) is 5.91 Å². The van der Waals surface area contributed by atoms with E-state index in [0.717, 1.165) is 50.4 Å². The monoisotopic (exact) mass is 371 g/mol. The van der Waals surface area contributed by atoms with Crippen molar-refractivity contribution in [1.29, 1.82) is 0 Å². The van der Waals surface area contributed by atoms with Crippen LogP contribution < -0.4 is 0 Å². The van der Waals surface area contributed by atoms with Crippen LogP contribution in [0.5, 0.6) is 0 Å². The molecule has 0 radical (unpaired) electrons. The molecule has 4 heterocycles. The minimum absolute atomic E-state index is 0.0890. The van der Waals surface area contributed by atoms with E-state index in [2.05, 4.69) is 20.0 Å². The van der Waals surface area contributed by atoms with Crippen molar-refractivity contribution in [3.8, 4) is 11.5 Å². The second-order valence-corrected chi connectivity index (χ2v) is 7.12. The average molecular weight is 371 g/mol. The van der Waals surface area contributed by atoms with Gasteiger partial charge >= 0.3 is 0 Å². The highest BCUT2D eigenvalue weighted by molar-refractivity contribution is 5.81. The lowest BCUT2D eigenvalue weighted by atomic mass is 9.95. The topological polar surface area (TPSA) is 84.6 Å². The third-order valence-electron chi connectivity index (χ3n) is 5.49. The first kappa shape index (κ1) is 18.1. The number of piperidine rings is 1. The number of pyridine rings is 1. The fraction of sp³-hybridized carbons (Fsp3) is 0.579. The molecule has 2 aromatic heterocycles. The molecule has 2 aliphatic heterocycles. The third-order valence-corrected chi connectivity index (χ3v) is 5.49. The van der Waals surface area contributed by atoms with Crippen molar-refractivity contribution in [2.24, 2.45) is 0 Å². The summed E-state index contributed by atoms with van der Waals surface area (Å²) < 4.78 is 10.8. The molecule has 4 rings (SSSR count). The van der Waals surface area contributed by atoms with Gasteiger partial charge in [-0.25, -0.2) is 0 Å². The van der Waals surface area contributed by atoms with Gasteiger partial charge < -0.3 is 14.2 Å². The molecule has 2 saturated heterocycles. The first-order valence-electron chi connectivity index (χ1n) is 9.57. The van der Waals surface area contributed by atoms with Crippen molar-refractivity contribution in [1.82, 2.24) is 24.9 Å². The lowest BCUT2D eigenvalue weighted by molar-refractivity contribution is -0.139. The number of hydrogen-bond acceptors (Lipinski definition) is 7. The second-order valence-electron chi connectivity index (χ2n) is 7.12. The maximum Gasteiger partial charge on any atom is 0.258 e. The van der Waals surface area contributed by atoms with E-state index in [1.807, 2.05) is 24.0 Å². The largest absolute Gasteiger partial charge is 0.379 e. The summed E-state index contributed by atoms with van der Waals surface area (Å²) in [5.41, 5.74) is 0.871. The Morgan fingerprint density at radius 3 is 2.56 bits per heavy atom. The molecule has 0 unspecified atom stereocenters. The molecule has 0 aromatic carbocycles. The molecule has 2 aromatic rings. The van der Waals surface area contributed by atoms with Crippen LogP contribution in [0.2, 0.25) is 0 Å². The van der Waals surface area contributed by atoms with Crippen molar-refractivity contribution < 1.29 is 14.1 Å². The molecule has 2 aliphatic rings. The lowest BCUT2D eigenvalue weighted by Crippen LogP contribution is -2.52. The van der Waals surface area contributed by atoms with E-state index in [1.165, 1.54) is 0 Å². The Kier molecular flexibility index (Phi) is 5.45. The number of hydrogen-bond donors (Lipinski definition) is 0. The van der Waals surface area contributed by atoms with Crippen LogP contribution in [-0.4, -0.2) is 76.3 Å². The zero-order chi connectivity index (χ0) is 18.6. The minimum atomic E-state index is -0.0890. The Morgan fingerprint density at radius 2 is 1.85 bits per heavy atom. The number of ether oxygens (including phenoxy) is 1. The molecule has 0 saturated carbocycles. The van der Waals surface area contributed by atoms with Crippen molar-refractivity contribution in [2.75, 3.05) is 39.4 Å². The van der Waals surface area contributed by atoms with E-state index in [1.54, 1.807) is 12.4 Å². The van der Waals surface area contributed by atoms with E-state index in [9.17, 15) is 4.79 Å². The molecule has 8 heteroatoms. The van der Waals surface area contributed by atoms with Crippen LogP contribution in [0.25, 0.3) is 11.5 Å². The summed E-state index contributed by atoms with van der Waals surface area (Å²) in [5, 5.41) is 4.16. The number of aromatic nitrogens is 3. The molecule has 27 heavy (non-hydrogen) atoms. The van der Waals surface area contributed by atoms with Crippen molar-refractivity contribution >= 4 is 5.91 Å². The van der Waals surface area contributed by atoms with Crippen LogP contribution in [0.4, 0.5) is 0 Å². The summed E-state index contributed by atoms with van der Waals surface area (Å²) in [4.78, 5) is 25.6. The van der Waals surface area contributed by atoms with E-state index >= 15 is 0 Å². The standard InChI is InChI=1S/C19H25N5O3/c1-14(23-10-12-26-13-11-23)19(25)24-8-4-15(5-9-24)17-21-18(27-22-17)16-2-6-20-7-3-16/h2-3,6-7,14-15H,4-5,8-13H2,1H3/t14-/m0/s1. The Balaban J connectivity index is 1.33. The quantitative estimate of drug-likeness (QED) is 0.806. The molecule has 0 spiro atoms. The zero-order valence-corrected chi connectivity index (χ0v) is 15.6. The predicted molar refractivity (Wildman–Crippen MR) is 97.9 cm³/mol. The number of nitrogens with zero attached hydrogens (tertiary/aromatic N) is 5. The highest BCUT2D eigenvalue weighted by Crippen LogP contribution is 2.28. The fourth-order valence-electron chi connectivity index (χ4n) is 3.76. The Hall–Kier alpha value is -2.32. The summed E-state index contributed by atoms with van der Waals surface area (Å²) in [6.07, 6.45) is 5.13. The first-order chi connectivity index (χ1) is 13.2. The number of rotatable bonds is 4. The molecule has 0 aliphatic carbocycles. The molecule has 1 atom stereocenters. The van der Waals surface area contributed by atoms with Gasteiger partial charge in [-0.15, -0.1) is 0 Å². The maximum atomic E-state index is 12.8. The summed E-state index contributed by atoms with van der Waals surface area (Å²) in [5.74, 6) is 1.69. The summed E-state index contributed by atoms with van der Waals surface area (Å²) in [7, 11) is 0. The molecule has 0 bridgehead atoms. The minimum Gasteiger partial charge on any atom is -0.379 e. The van der Waals surface area contributed by atoms with Gasteiger partial charge in [0.05, 0.1) is 19.3 Å². The highest BCUT2D eigenvalue weighted by atomic mass is 16.5. The summed E-state index contributed by atoms with van der Waals surface area (Å²) in [6, 6.07) is 3.62. The SMILES string of the molecule is C[C@@H](C(=O)N1CCC(c2noc(-c3ccncc3)n2)CC1)N1CCOCC1. The molecule has 2 fully saturated rings. The molecule has 0 N–H and O–H groups in total. The van der Waals surface area contributed by atoms with Crippen LogP contribution in [0, 0.1) is 0 Å². The summed E-state index contributed by atoms with van der Waals surface area (Å²) >= 11 is 0. The van der Waals surface area contributed by atoms with E-state index in [0.29, 0.717) is 19.1 Å². The van der Waals surface area contributed by atoms with Crippen LogP contribution in [-0.2, 0) is 9.53 Å². The van der Waals surface area contributed by atoms with E-state index in [4.69, 9.17) is 9.26 Å². The van der Waals surface area contributed by atoms with Crippen molar-refractivity contribution in [2.45, 2.75) is 31.7 Å². The van der Waals surface area contributed by atoms with Crippen molar-refractivity contribution in [3.63, 3.8) is 0 Å². The van der Waals surface area contributed by atoms with Gasteiger partial charge in [-0.1, -0.05) is 5.16 Å². The van der Waals surface area contributed by atoms with Gasteiger partial charge in [0.15, 0.2) is 5.82 Å². The second kappa shape index (κ2) is 8.14. The van der Waals surface area contributed by atoms with Crippen molar-refractivity contribution in [3.05, 3.63) is 30.4 Å². The maximum absolute atomic E-state index is 12.8. The Labute approximate surface area is 158 Å². The van der Waals surface area contributed by atoms with E-state index < -0.39 is 0 Å². The highest BCUT2D eigenvalue weighted by Gasteiger charge is 2.31. The fourth-order valence-corrected chi connectivity index (χ4v) is 3.76. The van der Waals surface area contributed by atoms with Gasteiger partial charge in [0.25, 0.3) is 5.89 Å². The van der Waals surface area contributed by atoms with Crippen LogP contribution >= 0.6 is 0 Å². The van der Waals surface area contributed by atoms with Crippen LogP contribution in [0.15, 0.2) is 29.0 Å². The predicted octanol–water partition coefficient (Wildman–Crippen LogP) is 1.56. The number of carbonyl (C=O) groups is 1.